The molecule has 1 unspecified atom stereocenters. The molecular weight excluding hydrogens is 589 g/mol. The van der Waals surface area contributed by atoms with Gasteiger partial charge in [-0.1, -0.05) is 17.7 Å². The molecule has 0 radical (unpaired) electrons. The molecule has 4 aromatic rings. The number of fused-ring (bicyclic) bond motifs is 1. The average Bonchev–Trinajstić information content (AvgIpc) is 3.49. The molecule has 0 spiro atoms. The minimum atomic E-state index is -3.05. The number of anilines is 2. The number of rotatable bonds is 8. The number of carbonyl (C=O) groups is 2. The summed E-state index contributed by atoms with van der Waals surface area (Å²) in [6, 6.07) is 1.62. The molecule has 0 bridgehead atoms. The van der Waals surface area contributed by atoms with Crippen molar-refractivity contribution < 1.29 is 27.9 Å². The van der Waals surface area contributed by atoms with E-state index in [0.717, 1.165) is 30.3 Å². The number of carbonyl (C=O) groups excluding carboxylic acids is 2. The van der Waals surface area contributed by atoms with Crippen LogP contribution < -0.4 is 10.2 Å². The van der Waals surface area contributed by atoms with Gasteiger partial charge in [-0.05, 0) is 32.3 Å². The number of nitrogens with one attached hydrogen (secondary N) is 1. The molecule has 6 rings (SSSR count). The Balaban J connectivity index is 1.22. The van der Waals surface area contributed by atoms with Crippen molar-refractivity contribution in [2.45, 2.75) is 39.3 Å². The monoisotopic (exact) mass is 612 g/mol. The topological polar surface area (TPSA) is 139 Å². The Morgan fingerprint density at radius 1 is 1.19 bits per heavy atom. The second-order valence-electron chi connectivity index (χ2n) is 10.4. The van der Waals surface area contributed by atoms with E-state index in [4.69, 9.17) is 11.6 Å². The number of aliphatic hydroxyl groups excluding tert-OH is 1. The van der Waals surface area contributed by atoms with Crippen LogP contribution in [-0.2, 0) is 11.4 Å². The van der Waals surface area contributed by atoms with Crippen molar-refractivity contribution in [3.8, 4) is 11.3 Å². The predicted molar refractivity (Wildman–Crippen MR) is 148 cm³/mol. The minimum absolute atomic E-state index is 0.0596. The van der Waals surface area contributed by atoms with Gasteiger partial charge in [0.1, 0.15) is 0 Å². The van der Waals surface area contributed by atoms with Crippen LogP contribution in [0.1, 0.15) is 58.8 Å². The lowest BCUT2D eigenvalue weighted by Gasteiger charge is -2.19. The highest BCUT2D eigenvalue weighted by Crippen LogP contribution is 2.46. The third-order valence-corrected chi connectivity index (χ3v) is 8.00. The zero-order chi connectivity index (χ0) is 30.6. The molecule has 43 heavy (non-hydrogen) atoms. The Labute approximate surface area is 247 Å². The molecule has 1 aromatic carbocycles. The lowest BCUT2D eigenvalue weighted by Crippen LogP contribution is -2.30. The predicted octanol–water partition coefficient (Wildman–Crippen LogP) is 4.51. The molecule has 15 heteroatoms. The molecule has 3 aromatic heterocycles. The van der Waals surface area contributed by atoms with Gasteiger partial charge in [-0.15, -0.1) is 0 Å². The van der Waals surface area contributed by atoms with Crippen molar-refractivity contribution in [3.63, 3.8) is 0 Å². The molecule has 4 heterocycles. The quantitative estimate of drug-likeness (QED) is 0.296. The molecule has 222 valence electrons. The van der Waals surface area contributed by atoms with Crippen LogP contribution in [0.2, 0.25) is 5.02 Å². The van der Waals surface area contributed by atoms with Gasteiger partial charge in [0.15, 0.2) is 11.5 Å². The molecule has 2 N–H and O–H groups in total. The van der Waals surface area contributed by atoms with E-state index in [2.05, 4.69) is 30.4 Å². The maximum absolute atomic E-state index is 14.8. The van der Waals surface area contributed by atoms with Gasteiger partial charge in [-0.3, -0.25) is 24.2 Å². The van der Waals surface area contributed by atoms with Gasteiger partial charge in [0.05, 0.1) is 47.1 Å². The minimum Gasteiger partial charge on any atom is -0.390 e. The summed E-state index contributed by atoms with van der Waals surface area (Å²) >= 11 is 5.82. The molecule has 1 aliphatic carbocycles. The smallest absolute Gasteiger partial charge is 0.276 e. The summed E-state index contributed by atoms with van der Waals surface area (Å²) in [6.45, 7) is 3.62. The third kappa shape index (κ3) is 5.20. The third-order valence-electron chi connectivity index (χ3n) is 7.71. The number of aliphatic hydroxyl groups is 1. The van der Waals surface area contributed by atoms with Gasteiger partial charge < -0.3 is 10.4 Å². The van der Waals surface area contributed by atoms with E-state index in [1.165, 1.54) is 6.20 Å². The van der Waals surface area contributed by atoms with Crippen molar-refractivity contribution in [2.75, 3.05) is 16.8 Å². The van der Waals surface area contributed by atoms with Gasteiger partial charge in [0.2, 0.25) is 11.9 Å². The Hall–Kier alpha value is -4.43. The number of nitrogens with zero attached hydrogens (tertiary/aromatic N) is 7. The second kappa shape index (κ2) is 11.0. The number of aromatic nitrogens is 6. The fourth-order valence-electron chi connectivity index (χ4n) is 5.25. The van der Waals surface area contributed by atoms with E-state index in [-0.39, 0.29) is 34.9 Å². The largest absolute Gasteiger partial charge is 0.390 e. The summed E-state index contributed by atoms with van der Waals surface area (Å²) in [4.78, 5) is 44.2. The number of hydrogen-bond acceptors (Lipinski definition) is 8. The normalized spacial score (nSPS) is 18.2. The van der Waals surface area contributed by atoms with Crippen LogP contribution in [0.5, 0.6) is 0 Å². The fraction of sp³-hybridized carbons (Fsp3) is 0.321. The van der Waals surface area contributed by atoms with Crippen LogP contribution in [0, 0.1) is 24.6 Å². The molecule has 1 saturated heterocycles. The van der Waals surface area contributed by atoms with Crippen LogP contribution >= 0.6 is 11.6 Å². The summed E-state index contributed by atoms with van der Waals surface area (Å²) in [7, 11) is 0. The zero-order valence-corrected chi connectivity index (χ0v) is 23.6. The first-order valence-electron chi connectivity index (χ1n) is 13.3. The standard InChI is InChI=1S/C28H24ClF3N8O3/c1-12-18(7-34-28(36-12)39-9-14-5-17(14)27(39)43)13(2)40-10-15(6-35-40)37-26(42)24-21(11-41)33-8-20(38-24)22-16(25(31)32)3-4-19(29)23(22)30/h3-4,6-8,10,13-14,17,25,41H,5,9,11H2,1-2H3,(H,37,42)/t13?,14-,17-/m1/s1. The highest BCUT2D eigenvalue weighted by Gasteiger charge is 2.53. The van der Waals surface area contributed by atoms with E-state index >= 15 is 0 Å². The SMILES string of the molecule is Cc1nc(N2C[C@H]3C[C@H]3C2=O)ncc1C(C)n1cc(NC(=O)c2nc(-c3c(C(F)F)ccc(Cl)c3F)cnc2CO)cn1. The van der Waals surface area contributed by atoms with Crippen molar-refractivity contribution >= 4 is 35.1 Å². The molecule has 3 atom stereocenters. The molecule has 11 nitrogen and oxygen atoms in total. The van der Waals surface area contributed by atoms with Gasteiger partial charge in [0, 0.05) is 47.2 Å². The Morgan fingerprint density at radius 3 is 2.65 bits per heavy atom. The van der Waals surface area contributed by atoms with Gasteiger partial charge in [-0.25, -0.2) is 28.1 Å². The zero-order valence-electron chi connectivity index (χ0n) is 22.8. The molecular formula is C28H24ClF3N8O3. The summed E-state index contributed by atoms with van der Waals surface area (Å²) < 4.78 is 43.7. The Morgan fingerprint density at radius 2 is 1.98 bits per heavy atom. The first kappa shape index (κ1) is 28.7. The number of alkyl halides is 2. The van der Waals surface area contributed by atoms with Gasteiger partial charge >= 0.3 is 0 Å². The number of halogens is 4. The molecule has 2 amide bonds. The maximum Gasteiger partial charge on any atom is 0.276 e. The van der Waals surface area contributed by atoms with E-state index in [1.807, 2.05) is 13.8 Å². The molecule has 2 fully saturated rings. The van der Waals surface area contributed by atoms with Crippen molar-refractivity contribution in [1.29, 1.82) is 0 Å². The van der Waals surface area contributed by atoms with Gasteiger partial charge in [-0.2, -0.15) is 5.10 Å². The van der Waals surface area contributed by atoms with E-state index in [0.29, 0.717) is 24.1 Å². The highest BCUT2D eigenvalue weighted by atomic mass is 35.5. The second-order valence-corrected chi connectivity index (χ2v) is 10.8. The number of benzene rings is 1. The van der Waals surface area contributed by atoms with Crippen molar-refractivity contribution in [3.05, 3.63) is 76.0 Å². The fourth-order valence-corrected chi connectivity index (χ4v) is 5.41. The van der Waals surface area contributed by atoms with Crippen LogP contribution in [0.15, 0.2) is 36.9 Å². The van der Waals surface area contributed by atoms with Crippen molar-refractivity contribution in [2.24, 2.45) is 11.8 Å². The van der Waals surface area contributed by atoms with Gasteiger partial charge in [0.25, 0.3) is 12.3 Å². The Bertz CT molecular complexity index is 1770. The first-order chi connectivity index (χ1) is 20.6. The summed E-state index contributed by atoms with van der Waals surface area (Å²) in [5.41, 5.74) is -0.487. The number of amides is 2. The molecule has 1 saturated carbocycles. The summed E-state index contributed by atoms with van der Waals surface area (Å²) in [5, 5.41) is 16.2. The Kier molecular flexibility index (Phi) is 7.34. The summed E-state index contributed by atoms with van der Waals surface area (Å²) in [5.74, 6) is -1.05. The number of piperidine rings is 1. The van der Waals surface area contributed by atoms with Crippen LogP contribution in [-0.4, -0.2) is 53.2 Å². The van der Waals surface area contributed by atoms with Crippen LogP contribution in [0.3, 0.4) is 0 Å². The lowest BCUT2D eigenvalue weighted by molar-refractivity contribution is -0.118. The van der Waals surface area contributed by atoms with Crippen LogP contribution in [0.4, 0.5) is 24.8 Å². The van der Waals surface area contributed by atoms with Crippen LogP contribution in [0.25, 0.3) is 11.3 Å². The van der Waals surface area contributed by atoms with E-state index in [9.17, 15) is 27.9 Å². The number of hydrogen-bond donors (Lipinski definition) is 2. The highest BCUT2D eigenvalue weighted by molar-refractivity contribution is 6.31. The summed E-state index contributed by atoms with van der Waals surface area (Å²) in [6.07, 6.45) is 3.45. The molecule has 2 aliphatic rings. The number of aryl methyl sites for hydroxylation is 1. The van der Waals surface area contributed by atoms with E-state index < -0.39 is 46.6 Å². The maximum atomic E-state index is 14.8. The molecule has 1 aliphatic heterocycles. The lowest BCUT2D eigenvalue weighted by atomic mass is 10.0. The average molecular weight is 613 g/mol. The first-order valence-corrected chi connectivity index (χ1v) is 13.7. The van der Waals surface area contributed by atoms with Crippen molar-refractivity contribution in [1.82, 2.24) is 29.7 Å². The van der Waals surface area contributed by atoms with E-state index in [1.54, 1.807) is 22.0 Å².